The molecule has 0 aliphatic heterocycles. The SMILES string of the molecule is C[C@@H]([C@H](C)[C@H](N)C(=O)O)[C@H](C)O. The molecule has 0 heterocycles. The standard InChI is InChI=1S/C8H17NO3/c1-4(6(3)10)5(2)7(9)8(11)12/h4-7,10H,9H2,1-3H3,(H,11,12)/t4-,5-,6-,7-/m0/s1. The normalized spacial score (nSPS) is 21.1. The first-order valence-electron chi connectivity index (χ1n) is 4.04. The quantitative estimate of drug-likeness (QED) is 0.563. The molecule has 0 rings (SSSR count). The minimum atomic E-state index is -1.02. The highest BCUT2D eigenvalue weighted by Gasteiger charge is 2.27. The third kappa shape index (κ3) is 2.79. The molecule has 0 aromatic heterocycles. The Kier molecular flexibility index (Phi) is 4.20. The maximum Gasteiger partial charge on any atom is 0.320 e. The zero-order valence-electron chi connectivity index (χ0n) is 7.69. The predicted molar refractivity (Wildman–Crippen MR) is 45.6 cm³/mol. The lowest BCUT2D eigenvalue weighted by molar-refractivity contribution is -0.140. The Morgan fingerprint density at radius 1 is 1.25 bits per heavy atom. The first-order valence-corrected chi connectivity index (χ1v) is 4.04. The molecule has 4 nitrogen and oxygen atoms in total. The number of carboxylic acids is 1. The number of carboxylic acid groups (broad SMARTS) is 1. The van der Waals surface area contributed by atoms with E-state index in [0.717, 1.165) is 0 Å². The summed E-state index contributed by atoms with van der Waals surface area (Å²) in [7, 11) is 0. The Labute approximate surface area is 72.4 Å². The van der Waals surface area contributed by atoms with E-state index in [4.69, 9.17) is 10.8 Å². The van der Waals surface area contributed by atoms with E-state index in [-0.39, 0.29) is 11.8 Å². The number of aliphatic hydroxyl groups excluding tert-OH is 1. The van der Waals surface area contributed by atoms with Crippen LogP contribution in [0.1, 0.15) is 20.8 Å². The van der Waals surface area contributed by atoms with E-state index in [0.29, 0.717) is 0 Å². The molecule has 0 saturated heterocycles. The number of aliphatic hydroxyl groups is 1. The minimum absolute atomic E-state index is 0.101. The fourth-order valence-corrected chi connectivity index (χ4v) is 0.991. The fourth-order valence-electron chi connectivity index (χ4n) is 0.991. The largest absolute Gasteiger partial charge is 0.480 e. The van der Waals surface area contributed by atoms with E-state index in [2.05, 4.69) is 0 Å². The molecule has 0 aliphatic rings. The van der Waals surface area contributed by atoms with Crippen LogP contribution in [0, 0.1) is 11.8 Å². The van der Waals surface area contributed by atoms with Gasteiger partial charge in [0.25, 0.3) is 0 Å². The average molecular weight is 175 g/mol. The van der Waals surface area contributed by atoms with E-state index in [1.807, 2.05) is 0 Å². The van der Waals surface area contributed by atoms with Crippen LogP contribution < -0.4 is 5.73 Å². The summed E-state index contributed by atoms with van der Waals surface area (Å²) in [6.07, 6.45) is -0.523. The number of hydrogen-bond donors (Lipinski definition) is 3. The number of hydrogen-bond acceptors (Lipinski definition) is 3. The van der Waals surface area contributed by atoms with Gasteiger partial charge in [-0.2, -0.15) is 0 Å². The molecular formula is C8H17NO3. The molecule has 0 bridgehead atoms. The molecule has 0 radical (unpaired) electrons. The molecule has 12 heavy (non-hydrogen) atoms. The number of rotatable bonds is 4. The third-order valence-electron chi connectivity index (χ3n) is 2.44. The van der Waals surface area contributed by atoms with Gasteiger partial charge in [0.2, 0.25) is 0 Å². The van der Waals surface area contributed by atoms with Crippen LogP contribution in [-0.2, 0) is 4.79 Å². The maximum atomic E-state index is 10.5. The van der Waals surface area contributed by atoms with Crippen molar-refractivity contribution in [3.8, 4) is 0 Å². The van der Waals surface area contributed by atoms with Crippen molar-refractivity contribution >= 4 is 5.97 Å². The van der Waals surface area contributed by atoms with Crippen molar-refractivity contribution < 1.29 is 15.0 Å². The van der Waals surface area contributed by atoms with Gasteiger partial charge in [0.15, 0.2) is 0 Å². The molecule has 4 heteroatoms. The van der Waals surface area contributed by atoms with Gasteiger partial charge in [0, 0.05) is 0 Å². The highest BCUT2D eigenvalue weighted by Crippen LogP contribution is 2.17. The van der Waals surface area contributed by atoms with E-state index in [1.165, 1.54) is 0 Å². The lowest BCUT2D eigenvalue weighted by Crippen LogP contribution is -2.41. The molecule has 0 unspecified atom stereocenters. The van der Waals surface area contributed by atoms with Gasteiger partial charge in [-0.05, 0) is 18.8 Å². The Balaban J connectivity index is 4.18. The van der Waals surface area contributed by atoms with E-state index in [1.54, 1.807) is 20.8 Å². The molecule has 4 atom stereocenters. The molecule has 0 saturated carbocycles. The average Bonchev–Trinajstić information content (AvgIpc) is 2.00. The van der Waals surface area contributed by atoms with Crippen LogP contribution in [0.4, 0.5) is 0 Å². The zero-order chi connectivity index (χ0) is 9.89. The summed E-state index contributed by atoms with van der Waals surface area (Å²) >= 11 is 0. The van der Waals surface area contributed by atoms with Gasteiger partial charge in [-0.15, -0.1) is 0 Å². The second-order valence-electron chi connectivity index (χ2n) is 3.32. The van der Waals surface area contributed by atoms with Crippen molar-refractivity contribution in [2.75, 3.05) is 0 Å². The van der Waals surface area contributed by atoms with Crippen molar-refractivity contribution in [1.82, 2.24) is 0 Å². The van der Waals surface area contributed by atoms with Crippen molar-refractivity contribution in [1.29, 1.82) is 0 Å². The minimum Gasteiger partial charge on any atom is -0.480 e. The summed E-state index contributed by atoms with van der Waals surface area (Å²) in [6.45, 7) is 5.16. The molecular weight excluding hydrogens is 158 g/mol. The summed E-state index contributed by atoms with van der Waals surface area (Å²) in [5, 5.41) is 17.7. The first-order chi connectivity index (χ1) is 5.37. The molecule has 0 aromatic rings. The van der Waals surface area contributed by atoms with Gasteiger partial charge in [-0.1, -0.05) is 13.8 Å². The molecule has 0 aromatic carbocycles. The monoisotopic (exact) mass is 175 g/mol. The van der Waals surface area contributed by atoms with Crippen LogP contribution in [0.25, 0.3) is 0 Å². The molecule has 72 valence electrons. The van der Waals surface area contributed by atoms with Crippen LogP contribution >= 0.6 is 0 Å². The lowest BCUT2D eigenvalue weighted by atomic mass is 9.86. The third-order valence-corrected chi connectivity index (χ3v) is 2.44. The topological polar surface area (TPSA) is 83.6 Å². The summed E-state index contributed by atoms with van der Waals surface area (Å²) < 4.78 is 0. The summed E-state index contributed by atoms with van der Waals surface area (Å²) in [5.41, 5.74) is 5.39. The Bertz CT molecular complexity index is 158. The van der Waals surface area contributed by atoms with Gasteiger partial charge in [0.1, 0.15) is 6.04 Å². The van der Waals surface area contributed by atoms with Crippen LogP contribution in [0.5, 0.6) is 0 Å². The van der Waals surface area contributed by atoms with Gasteiger partial charge in [-0.3, -0.25) is 4.79 Å². The smallest absolute Gasteiger partial charge is 0.320 e. The molecule has 4 N–H and O–H groups in total. The summed E-state index contributed by atoms with van der Waals surface area (Å²) in [4.78, 5) is 10.5. The number of aliphatic carboxylic acids is 1. The first kappa shape index (κ1) is 11.4. The van der Waals surface area contributed by atoms with E-state index >= 15 is 0 Å². The Morgan fingerprint density at radius 3 is 1.92 bits per heavy atom. The molecule has 0 amide bonds. The number of nitrogens with two attached hydrogens (primary N) is 1. The second-order valence-corrected chi connectivity index (χ2v) is 3.32. The molecule has 0 aliphatic carbocycles. The fraction of sp³-hybridized carbons (Fsp3) is 0.875. The van der Waals surface area contributed by atoms with Crippen molar-refractivity contribution in [3.05, 3.63) is 0 Å². The van der Waals surface area contributed by atoms with Gasteiger partial charge in [0.05, 0.1) is 6.10 Å². The maximum absolute atomic E-state index is 10.5. The van der Waals surface area contributed by atoms with Gasteiger partial charge < -0.3 is 15.9 Å². The van der Waals surface area contributed by atoms with Crippen LogP contribution in [0.15, 0.2) is 0 Å². The van der Waals surface area contributed by atoms with Crippen molar-refractivity contribution in [3.63, 3.8) is 0 Å². The summed E-state index contributed by atoms with van der Waals surface area (Å²) in [6, 6.07) is -0.894. The van der Waals surface area contributed by atoms with Gasteiger partial charge in [-0.25, -0.2) is 0 Å². The summed E-state index contributed by atoms with van der Waals surface area (Å²) in [5.74, 6) is -1.34. The van der Waals surface area contributed by atoms with Crippen molar-refractivity contribution in [2.45, 2.75) is 32.9 Å². The lowest BCUT2D eigenvalue weighted by Gasteiger charge is -2.25. The Morgan fingerprint density at radius 2 is 1.67 bits per heavy atom. The molecule has 0 fully saturated rings. The van der Waals surface area contributed by atoms with Gasteiger partial charge >= 0.3 is 5.97 Å². The van der Waals surface area contributed by atoms with Crippen molar-refractivity contribution in [2.24, 2.45) is 17.6 Å². The Hall–Kier alpha value is -0.610. The highest BCUT2D eigenvalue weighted by atomic mass is 16.4. The predicted octanol–water partition coefficient (Wildman–Crippen LogP) is 0.0513. The van der Waals surface area contributed by atoms with Crippen LogP contribution in [-0.4, -0.2) is 28.3 Å². The van der Waals surface area contributed by atoms with Crippen LogP contribution in [0.3, 0.4) is 0 Å². The second kappa shape index (κ2) is 4.42. The highest BCUT2D eigenvalue weighted by molar-refractivity contribution is 5.73. The molecule has 0 spiro atoms. The zero-order valence-corrected chi connectivity index (χ0v) is 7.69. The van der Waals surface area contributed by atoms with E-state index in [9.17, 15) is 9.90 Å². The van der Waals surface area contributed by atoms with Crippen LogP contribution in [0.2, 0.25) is 0 Å². The number of carbonyl (C=O) groups is 1. The van der Waals surface area contributed by atoms with E-state index < -0.39 is 18.1 Å².